The average Bonchev–Trinajstić information content (AvgIpc) is 3.11. The van der Waals surface area contributed by atoms with Gasteiger partial charge in [-0.3, -0.25) is 4.79 Å². The summed E-state index contributed by atoms with van der Waals surface area (Å²) in [4.78, 5) is 11.5. The van der Waals surface area contributed by atoms with E-state index in [4.69, 9.17) is 4.74 Å². The van der Waals surface area contributed by atoms with Gasteiger partial charge in [0.15, 0.2) is 0 Å². The lowest BCUT2D eigenvalue weighted by Gasteiger charge is -2.58. The molecular weight excluding hydrogens is 404 g/mol. The highest BCUT2D eigenvalue weighted by molar-refractivity contribution is 5.66. The van der Waals surface area contributed by atoms with Crippen LogP contribution in [0.25, 0.3) is 0 Å². The number of carbonyl (C=O) groups excluding carboxylic acids is 1. The summed E-state index contributed by atoms with van der Waals surface area (Å²) >= 11 is 0. The van der Waals surface area contributed by atoms with E-state index < -0.39 is 0 Å². The molecule has 0 spiro atoms. The van der Waals surface area contributed by atoms with Crippen LogP contribution < -0.4 is 0 Å². The van der Waals surface area contributed by atoms with E-state index in [2.05, 4.69) is 59.8 Å². The zero-order valence-corrected chi connectivity index (χ0v) is 22.5. The zero-order chi connectivity index (χ0) is 24.0. The van der Waals surface area contributed by atoms with Crippen LogP contribution in [0.5, 0.6) is 0 Å². The van der Waals surface area contributed by atoms with Crippen molar-refractivity contribution >= 4 is 5.97 Å². The molecule has 0 heterocycles. The molecule has 4 aliphatic carbocycles. The average molecular weight is 455 g/mol. The molecule has 0 aliphatic heterocycles. The third-order valence-electron chi connectivity index (χ3n) is 11.1. The smallest absolute Gasteiger partial charge is 0.302 e. The molecule has 4 rings (SSSR count). The van der Waals surface area contributed by atoms with Gasteiger partial charge >= 0.3 is 5.97 Å². The van der Waals surface area contributed by atoms with Crippen LogP contribution in [-0.4, -0.2) is 12.1 Å². The maximum atomic E-state index is 11.5. The Balaban J connectivity index is 1.49. The number of hydrogen-bond acceptors (Lipinski definition) is 2. The third-order valence-corrected chi connectivity index (χ3v) is 11.1. The fourth-order valence-electron chi connectivity index (χ4n) is 9.15. The van der Waals surface area contributed by atoms with E-state index in [-0.39, 0.29) is 12.1 Å². The minimum Gasteiger partial charge on any atom is -0.462 e. The Hall–Kier alpha value is -1.05. The number of esters is 1. The van der Waals surface area contributed by atoms with Gasteiger partial charge in [0, 0.05) is 13.3 Å². The molecule has 2 heteroatoms. The van der Waals surface area contributed by atoms with Gasteiger partial charge in [0.05, 0.1) is 0 Å². The maximum Gasteiger partial charge on any atom is 0.302 e. The Morgan fingerprint density at radius 3 is 2.52 bits per heavy atom. The Labute approximate surface area is 204 Å². The Bertz CT molecular complexity index is 778. The highest BCUT2D eigenvalue weighted by Gasteiger charge is 2.59. The quantitative estimate of drug-likeness (QED) is 0.297. The Morgan fingerprint density at radius 2 is 1.85 bits per heavy atom. The van der Waals surface area contributed by atoms with E-state index in [1.54, 1.807) is 12.5 Å². The second-order valence-electron chi connectivity index (χ2n) is 13.0. The summed E-state index contributed by atoms with van der Waals surface area (Å²) in [6.45, 7) is 16.3. The largest absolute Gasteiger partial charge is 0.462 e. The Kier molecular flexibility index (Phi) is 7.24. The SMILES string of the molecule is CC[C@H](/C=C/[C@H](C)[C@@H]1CC[C@@H]2[C@H]3CC=C4C[C@@H](OC(C)=O)CC[C@]4(C)[C@H]3CC[C@@]21C)C(C)C. The van der Waals surface area contributed by atoms with Crippen molar-refractivity contribution in [3.8, 4) is 0 Å². The Morgan fingerprint density at radius 1 is 1.09 bits per heavy atom. The van der Waals surface area contributed by atoms with Gasteiger partial charge < -0.3 is 4.74 Å². The lowest BCUT2D eigenvalue weighted by molar-refractivity contribution is -0.148. The fraction of sp³-hybridized carbons (Fsp3) is 0.839. The molecule has 0 unspecified atom stereocenters. The highest BCUT2D eigenvalue weighted by atomic mass is 16.5. The molecular formula is C31H50O2. The first-order valence-electron chi connectivity index (χ1n) is 14.1. The van der Waals surface area contributed by atoms with Crippen molar-refractivity contribution in [3.05, 3.63) is 23.8 Å². The number of ether oxygens (including phenoxy) is 1. The molecule has 0 amide bonds. The number of carbonyl (C=O) groups is 1. The molecule has 0 N–H and O–H groups in total. The van der Waals surface area contributed by atoms with E-state index in [0.29, 0.717) is 16.7 Å². The van der Waals surface area contributed by atoms with Gasteiger partial charge in [-0.2, -0.15) is 0 Å². The summed E-state index contributed by atoms with van der Waals surface area (Å²) in [5, 5.41) is 0. The van der Waals surface area contributed by atoms with Crippen LogP contribution in [0, 0.1) is 52.3 Å². The van der Waals surface area contributed by atoms with Gasteiger partial charge in [-0.25, -0.2) is 0 Å². The molecule has 0 radical (unpaired) electrons. The predicted molar refractivity (Wildman–Crippen MR) is 138 cm³/mol. The third kappa shape index (κ3) is 4.50. The summed E-state index contributed by atoms with van der Waals surface area (Å²) in [7, 11) is 0. The van der Waals surface area contributed by atoms with Crippen LogP contribution in [0.1, 0.15) is 106 Å². The highest BCUT2D eigenvalue weighted by Crippen LogP contribution is 2.67. The van der Waals surface area contributed by atoms with Crippen molar-refractivity contribution in [2.75, 3.05) is 0 Å². The van der Waals surface area contributed by atoms with Crippen molar-refractivity contribution in [1.29, 1.82) is 0 Å². The van der Waals surface area contributed by atoms with Gasteiger partial charge in [0.1, 0.15) is 6.10 Å². The van der Waals surface area contributed by atoms with Gasteiger partial charge in [-0.05, 0) is 104 Å². The van der Waals surface area contributed by atoms with E-state index >= 15 is 0 Å². The van der Waals surface area contributed by atoms with Gasteiger partial charge in [-0.15, -0.1) is 0 Å². The normalized spacial score (nSPS) is 42.3. The summed E-state index contributed by atoms with van der Waals surface area (Å²) < 4.78 is 5.62. The first kappa shape index (κ1) is 25.1. The van der Waals surface area contributed by atoms with Crippen LogP contribution >= 0.6 is 0 Å². The van der Waals surface area contributed by atoms with Crippen LogP contribution in [0.15, 0.2) is 23.8 Å². The van der Waals surface area contributed by atoms with Crippen LogP contribution in [0.4, 0.5) is 0 Å². The van der Waals surface area contributed by atoms with Crippen LogP contribution in [-0.2, 0) is 9.53 Å². The first-order valence-corrected chi connectivity index (χ1v) is 14.1. The molecule has 0 saturated heterocycles. The predicted octanol–water partition coefficient (Wildman–Crippen LogP) is 8.37. The summed E-state index contributed by atoms with van der Waals surface area (Å²) in [6, 6.07) is 0. The van der Waals surface area contributed by atoms with Crippen molar-refractivity contribution in [2.45, 2.75) is 112 Å². The molecule has 9 atom stereocenters. The lowest BCUT2D eigenvalue weighted by Crippen LogP contribution is -2.51. The van der Waals surface area contributed by atoms with Crippen molar-refractivity contribution in [3.63, 3.8) is 0 Å². The second-order valence-corrected chi connectivity index (χ2v) is 13.0. The van der Waals surface area contributed by atoms with E-state index in [0.717, 1.165) is 48.3 Å². The molecule has 4 aliphatic rings. The van der Waals surface area contributed by atoms with Gasteiger partial charge in [0.25, 0.3) is 0 Å². The standard InChI is InChI=1S/C31H50O2/c1-8-23(20(2)3)10-9-21(4)27-13-14-28-26-12-11-24-19-25(33-22(5)32)15-17-30(24,6)29(26)16-18-31(27,28)7/h9-11,20-21,23,25-29H,8,12-19H2,1-7H3/b10-9+/t21-,23+,25-,26+,27-,28+,29-,30-,31+/m0/s1. The molecule has 186 valence electrons. The molecule has 3 fully saturated rings. The van der Waals surface area contributed by atoms with E-state index in [1.807, 2.05) is 0 Å². The zero-order valence-electron chi connectivity index (χ0n) is 22.5. The minimum absolute atomic E-state index is 0.105. The molecule has 3 saturated carbocycles. The number of rotatable bonds is 6. The molecule has 0 aromatic heterocycles. The number of hydrogen-bond donors (Lipinski definition) is 0. The van der Waals surface area contributed by atoms with Crippen molar-refractivity contribution in [2.24, 2.45) is 52.3 Å². The van der Waals surface area contributed by atoms with Crippen molar-refractivity contribution < 1.29 is 9.53 Å². The van der Waals surface area contributed by atoms with Gasteiger partial charge in [-0.1, -0.05) is 65.3 Å². The van der Waals surface area contributed by atoms with Crippen molar-refractivity contribution in [1.82, 2.24) is 0 Å². The molecule has 2 nitrogen and oxygen atoms in total. The monoisotopic (exact) mass is 454 g/mol. The summed E-state index contributed by atoms with van der Waals surface area (Å²) in [5.74, 6) is 5.41. The lowest BCUT2D eigenvalue weighted by atomic mass is 9.47. The number of allylic oxidation sites excluding steroid dienone is 3. The fourth-order valence-corrected chi connectivity index (χ4v) is 9.15. The van der Waals surface area contributed by atoms with Crippen LogP contribution in [0.2, 0.25) is 0 Å². The van der Waals surface area contributed by atoms with E-state index in [9.17, 15) is 4.79 Å². The minimum atomic E-state index is -0.120. The molecule has 0 aromatic rings. The summed E-state index contributed by atoms with van der Waals surface area (Å²) in [5.41, 5.74) is 2.44. The van der Waals surface area contributed by atoms with E-state index in [1.165, 1.54) is 44.9 Å². The first-order chi connectivity index (χ1) is 15.6. The molecule has 33 heavy (non-hydrogen) atoms. The second kappa shape index (κ2) is 9.54. The maximum absolute atomic E-state index is 11.5. The topological polar surface area (TPSA) is 26.3 Å². The number of fused-ring (bicyclic) bond motifs is 5. The van der Waals surface area contributed by atoms with Crippen LogP contribution in [0.3, 0.4) is 0 Å². The van der Waals surface area contributed by atoms with Gasteiger partial charge in [0.2, 0.25) is 0 Å². The molecule has 0 bridgehead atoms. The summed E-state index contributed by atoms with van der Waals surface area (Å²) in [6.07, 6.45) is 19.2. The molecule has 0 aromatic carbocycles.